The van der Waals surface area contributed by atoms with Crippen LogP contribution in [-0.2, 0) is 5.41 Å². The molecule has 0 unspecified atom stereocenters. The second kappa shape index (κ2) is 10.6. The Kier molecular flexibility index (Phi) is 7.13. The summed E-state index contributed by atoms with van der Waals surface area (Å²) in [5, 5.41) is 7.31. The lowest BCUT2D eigenvalue weighted by atomic mass is 9.79. The van der Waals surface area contributed by atoms with Gasteiger partial charge in [-0.15, -0.1) is 0 Å². The summed E-state index contributed by atoms with van der Waals surface area (Å²) in [6.45, 7) is 6.62. The number of para-hydroxylation sites is 1. The fraction of sp³-hybridized carbons (Fsp3) is 0.393. The number of aromatic nitrogens is 2. The highest BCUT2D eigenvalue weighted by molar-refractivity contribution is 7.80. The molecule has 2 fully saturated rings. The van der Waals surface area contributed by atoms with Crippen LogP contribution >= 0.6 is 12.2 Å². The summed E-state index contributed by atoms with van der Waals surface area (Å²) in [6, 6.07) is 23.5. The van der Waals surface area contributed by atoms with Crippen molar-refractivity contribution in [2.45, 2.75) is 38.0 Å². The molecule has 0 amide bonds. The maximum absolute atomic E-state index is 5.66. The van der Waals surface area contributed by atoms with Crippen molar-refractivity contribution >= 4 is 34.8 Å². The third-order valence-electron chi connectivity index (χ3n) is 7.33. The first-order chi connectivity index (χ1) is 17.1. The molecule has 2 N–H and O–H groups in total. The quantitative estimate of drug-likeness (QED) is 0.480. The molecule has 7 heteroatoms. The zero-order chi connectivity index (χ0) is 24.1. The average molecular weight is 487 g/mol. The second-order valence-electron chi connectivity index (χ2n) is 9.66. The summed E-state index contributed by atoms with van der Waals surface area (Å²) in [4.78, 5) is 14.2. The van der Waals surface area contributed by atoms with Gasteiger partial charge in [-0.25, -0.2) is 4.98 Å². The molecule has 0 spiro atoms. The number of nitrogens with one attached hydrogen (secondary N) is 2. The van der Waals surface area contributed by atoms with E-state index in [4.69, 9.17) is 17.2 Å². The lowest BCUT2D eigenvalue weighted by Gasteiger charge is -2.36. The Bertz CT molecular complexity index is 1120. The van der Waals surface area contributed by atoms with Crippen LogP contribution in [0.4, 0.5) is 17.5 Å². The van der Waals surface area contributed by atoms with Crippen LogP contribution in [-0.4, -0.2) is 47.8 Å². The highest BCUT2D eigenvalue weighted by Gasteiger charge is 2.35. The topological polar surface area (TPSA) is 56.3 Å². The van der Waals surface area contributed by atoms with Gasteiger partial charge in [-0.1, -0.05) is 61.4 Å². The third-order valence-corrected chi connectivity index (χ3v) is 7.57. The van der Waals surface area contributed by atoms with Gasteiger partial charge >= 0.3 is 0 Å². The van der Waals surface area contributed by atoms with E-state index in [1.165, 1.54) is 36.9 Å². The van der Waals surface area contributed by atoms with Crippen LogP contribution in [0.3, 0.4) is 0 Å². The Morgan fingerprint density at radius 3 is 2.20 bits per heavy atom. The largest absolute Gasteiger partial charge is 0.368 e. The van der Waals surface area contributed by atoms with E-state index >= 15 is 0 Å². The van der Waals surface area contributed by atoms with Gasteiger partial charge in [0.2, 0.25) is 5.95 Å². The smallest absolute Gasteiger partial charge is 0.231 e. The molecule has 0 radical (unpaired) electrons. The Balaban J connectivity index is 1.20. The molecule has 1 aliphatic heterocycles. The molecule has 0 atom stereocenters. The summed E-state index contributed by atoms with van der Waals surface area (Å²) in [6.07, 6.45) is 4.90. The van der Waals surface area contributed by atoms with Gasteiger partial charge in [0.25, 0.3) is 0 Å². The fourth-order valence-corrected chi connectivity index (χ4v) is 5.57. The zero-order valence-electron chi connectivity index (χ0n) is 20.4. The van der Waals surface area contributed by atoms with Crippen molar-refractivity contribution < 1.29 is 0 Å². The second-order valence-corrected chi connectivity index (χ2v) is 10.1. The molecule has 0 bridgehead atoms. The van der Waals surface area contributed by atoms with E-state index in [1.807, 2.05) is 6.92 Å². The average Bonchev–Trinajstić information content (AvgIpc) is 3.39. The van der Waals surface area contributed by atoms with Crippen LogP contribution in [0.1, 0.15) is 36.9 Å². The minimum Gasteiger partial charge on any atom is -0.368 e. The molecule has 3 aromatic rings. The normalized spacial score (nSPS) is 17.3. The Labute approximate surface area is 213 Å². The van der Waals surface area contributed by atoms with E-state index in [0.29, 0.717) is 11.1 Å². The van der Waals surface area contributed by atoms with Crippen molar-refractivity contribution in [2.24, 2.45) is 0 Å². The maximum Gasteiger partial charge on any atom is 0.231 e. The van der Waals surface area contributed by atoms with E-state index in [1.54, 1.807) is 0 Å². The summed E-state index contributed by atoms with van der Waals surface area (Å²) in [7, 11) is 0. The molecule has 182 valence electrons. The number of anilines is 3. The van der Waals surface area contributed by atoms with Crippen molar-refractivity contribution in [3.05, 3.63) is 78.0 Å². The minimum absolute atomic E-state index is 0.143. The van der Waals surface area contributed by atoms with E-state index in [0.717, 1.165) is 44.2 Å². The van der Waals surface area contributed by atoms with Crippen molar-refractivity contribution in [1.82, 2.24) is 15.3 Å². The van der Waals surface area contributed by atoms with Gasteiger partial charge in [-0.2, -0.15) is 4.98 Å². The number of piperazine rings is 1. The summed E-state index contributed by atoms with van der Waals surface area (Å²) in [5.74, 6) is 1.51. The van der Waals surface area contributed by atoms with E-state index < -0.39 is 0 Å². The molecule has 6 nitrogen and oxygen atoms in total. The molecule has 1 aliphatic carbocycles. The maximum atomic E-state index is 5.66. The van der Waals surface area contributed by atoms with Crippen LogP contribution in [0.25, 0.3) is 0 Å². The fourth-order valence-electron chi connectivity index (χ4n) is 5.41. The Morgan fingerprint density at radius 2 is 1.51 bits per heavy atom. The lowest BCUT2D eigenvalue weighted by Crippen LogP contribution is -2.47. The molecule has 2 aliphatic rings. The number of hydrogen-bond acceptors (Lipinski definition) is 5. The lowest BCUT2D eigenvalue weighted by molar-refractivity contribution is 0.435. The third kappa shape index (κ3) is 5.56. The van der Waals surface area contributed by atoms with Crippen molar-refractivity contribution in [3.8, 4) is 0 Å². The minimum atomic E-state index is 0.143. The molecule has 1 saturated heterocycles. The molecule has 5 rings (SSSR count). The SMILES string of the molecule is Cc1cc(N2CCN(c3ccccc3)CC2)nc(NC(=S)NCC2(c3ccccc3)CCCC2)n1. The van der Waals surface area contributed by atoms with Crippen LogP contribution in [0.5, 0.6) is 0 Å². The number of rotatable bonds is 6. The number of nitrogens with zero attached hydrogens (tertiary/aromatic N) is 4. The monoisotopic (exact) mass is 486 g/mol. The first kappa shape index (κ1) is 23.5. The molecule has 2 heterocycles. The number of thiocarbonyl (C=S) groups is 1. The Morgan fingerprint density at radius 1 is 0.886 bits per heavy atom. The van der Waals surface area contributed by atoms with Crippen LogP contribution in [0, 0.1) is 6.92 Å². The highest BCUT2D eigenvalue weighted by atomic mass is 32.1. The molecule has 35 heavy (non-hydrogen) atoms. The van der Waals surface area contributed by atoms with Crippen LogP contribution < -0.4 is 20.4 Å². The molecule has 1 aromatic heterocycles. The van der Waals surface area contributed by atoms with Crippen molar-refractivity contribution in [3.63, 3.8) is 0 Å². The summed E-state index contributed by atoms with van der Waals surface area (Å²) in [5.41, 5.74) is 3.75. The highest BCUT2D eigenvalue weighted by Crippen LogP contribution is 2.40. The van der Waals surface area contributed by atoms with Crippen LogP contribution in [0.15, 0.2) is 66.7 Å². The Hall–Kier alpha value is -3.19. The number of benzene rings is 2. The standard InChI is InChI=1S/C28H34N6S/c1-22-20-25(34-18-16-33(17-19-34)24-12-6-3-7-13-24)31-26(30-22)32-27(35)29-21-28(14-8-9-15-28)23-10-4-2-5-11-23/h2-7,10-13,20H,8-9,14-19,21H2,1H3,(H2,29,30,31,32,35). The first-order valence-corrected chi connectivity index (χ1v) is 13.0. The predicted molar refractivity (Wildman–Crippen MR) is 148 cm³/mol. The number of hydrogen-bond donors (Lipinski definition) is 2. The molecular weight excluding hydrogens is 452 g/mol. The van der Waals surface area contributed by atoms with Gasteiger partial charge in [-0.3, -0.25) is 0 Å². The van der Waals surface area contributed by atoms with E-state index in [-0.39, 0.29) is 5.41 Å². The summed E-state index contributed by atoms with van der Waals surface area (Å²) >= 11 is 5.66. The van der Waals surface area contributed by atoms with Gasteiger partial charge in [0.05, 0.1) is 0 Å². The van der Waals surface area contributed by atoms with Gasteiger partial charge in [0.15, 0.2) is 5.11 Å². The van der Waals surface area contributed by atoms with E-state index in [2.05, 4.69) is 92.1 Å². The number of aryl methyl sites for hydroxylation is 1. The van der Waals surface area contributed by atoms with Crippen LogP contribution in [0.2, 0.25) is 0 Å². The molecule has 2 aromatic carbocycles. The zero-order valence-corrected chi connectivity index (χ0v) is 21.2. The molecular formula is C28H34N6S. The van der Waals surface area contributed by atoms with E-state index in [9.17, 15) is 0 Å². The van der Waals surface area contributed by atoms with Crippen molar-refractivity contribution in [1.29, 1.82) is 0 Å². The first-order valence-electron chi connectivity index (χ1n) is 12.6. The van der Waals surface area contributed by atoms with Gasteiger partial charge in [0, 0.05) is 55.6 Å². The predicted octanol–water partition coefficient (Wildman–Crippen LogP) is 4.91. The van der Waals surface area contributed by atoms with Gasteiger partial charge in [-0.05, 0) is 49.7 Å². The van der Waals surface area contributed by atoms with Crippen molar-refractivity contribution in [2.75, 3.05) is 47.8 Å². The molecule has 1 saturated carbocycles. The summed E-state index contributed by atoms with van der Waals surface area (Å²) < 4.78 is 0. The van der Waals surface area contributed by atoms with Gasteiger partial charge < -0.3 is 20.4 Å². The van der Waals surface area contributed by atoms with Gasteiger partial charge in [0.1, 0.15) is 5.82 Å².